The Morgan fingerprint density at radius 1 is 1.03 bits per heavy atom. The molecule has 7 nitrogen and oxygen atoms in total. The van der Waals surface area contributed by atoms with Crippen LogP contribution < -0.4 is 5.32 Å². The van der Waals surface area contributed by atoms with E-state index in [4.69, 9.17) is 4.74 Å². The zero-order chi connectivity index (χ0) is 22.3. The molecule has 3 aliphatic rings. The minimum absolute atomic E-state index is 0.169. The summed E-state index contributed by atoms with van der Waals surface area (Å²) in [6.45, 7) is 10.3. The molecule has 1 amide bonds. The van der Waals surface area contributed by atoms with Gasteiger partial charge in [0.2, 0.25) is 0 Å². The average Bonchev–Trinajstić information content (AvgIpc) is 3.37. The molecule has 0 radical (unpaired) electrons. The molecule has 3 saturated heterocycles. The van der Waals surface area contributed by atoms with Crippen molar-refractivity contribution in [2.45, 2.75) is 45.3 Å². The molecule has 7 heteroatoms. The molecule has 32 heavy (non-hydrogen) atoms. The number of amides is 1. The number of carbonyl (C=O) groups excluding carboxylic acids is 1. The molecule has 3 fully saturated rings. The van der Waals surface area contributed by atoms with Crippen molar-refractivity contribution in [3.05, 3.63) is 35.4 Å². The number of piperazine rings is 1. The van der Waals surface area contributed by atoms with Crippen molar-refractivity contribution in [3.8, 4) is 0 Å². The first-order chi connectivity index (χ1) is 15.6. The first-order valence-electron chi connectivity index (χ1n) is 12.3. The van der Waals surface area contributed by atoms with Crippen molar-refractivity contribution >= 4 is 11.9 Å². The molecule has 1 unspecified atom stereocenters. The van der Waals surface area contributed by atoms with E-state index in [2.05, 4.69) is 51.3 Å². The highest BCUT2D eigenvalue weighted by molar-refractivity contribution is 5.82. The smallest absolute Gasteiger partial charge is 0.251 e. The standard InChI is InChI=1S/C25H39N5O2/c1-20-5-7-22(8-6-20)19-28-11-9-21(10-12-28)18-27-25(26-2)30-15-13-29(14-16-30)24(31)23-4-3-17-32-23/h5-8,21,23H,3-4,9-19H2,1-2H3,(H,26,27). The van der Waals surface area contributed by atoms with Gasteiger partial charge in [-0.05, 0) is 57.2 Å². The zero-order valence-electron chi connectivity index (χ0n) is 19.8. The number of guanidine groups is 1. The van der Waals surface area contributed by atoms with Gasteiger partial charge in [0.05, 0.1) is 0 Å². The molecule has 176 valence electrons. The number of hydrogen-bond acceptors (Lipinski definition) is 4. The van der Waals surface area contributed by atoms with E-state index in [0.717, 1.165) is 77.8 Å². The lowest BCUT2D eigenvalue weighted by atomic mass is 9.96. The Labute approximate surface area is 192 Å². The number of likely N-dealkylation sites (tertiary alicyclic amines) is 1. The van der Waals surface area contributed by atoms with Gasteiger partial charge in [-0.1, -0.05) is 29.8 Å². The monoisotopic (exact) mass is 441 g/mol. The quantitative estimate of drug-likeness (QED) is 0.560. The highest BCUT2D eigenvalue weighted by atomic mass is 16.5. The number of ether oxygens (including phenoxy) is 1. The van der Waals surface area contributed by atoms with Crippen molar-refractivity contribution in [1.82, 2.24) is 20.0 Å². The summed E-state index contributed by atoms with van der Waals surface area (Å²) in [5, 5.41) is 3.61. The van der Waals surface area contributed by atoms with Gasteiger partial charge >= 0.3 is 0 Å². The zero-order valence-corrected chi connectivity index (χ0v) is 19.8. The highest BCUT2D eigenvalue weighted by Gasteiger charge is 2.31. The van der Waals surface area contributed by atoms with Crippen LogP contribution in [-0.4, -0.2) is 92.1 Å². The van der Waals surface area contributed by atoms with E-state index in [9.17, 15) is 4.79 Å². The molecule has 0 aromatic heterocycles. The van der Waals surface area contributed by atoms with Crippen LogP contribution in [0, 0.1) is 12.8 Å². The minimum atomic E-state index is -0.212. The molecule has 1 aromatic rings. The van der Waals surface area contributed by atoms with Crippen LogP contribution in [0.3, 0.4) is 0 Å². The van der Waals surface area contributed by atoms with Gasteiger partial charge in [0.15, 0.2) is 5.96 Å². The van der Waals surface area contributed by atoms with Crippen molar-refractivity contribution in [3.63, 3.8) is 0 Å². The molecular weight excluding hydrogens is 402 g/mol. The van der Waals surface area contributed by atoms with E-state index in [0.29, 0.717) is 5.92 Å². The number of carbonyl (C=O) groups is 1. The van der Waals surface area contributed by atoms with Crippen molar-refractivity contribution in [1.29, 1.82) is 0 Å². The van der Waals surface area contributed by atoms with Crippen LogP contribution in [0.5, 0.6) is 0 Å². The highest BCUT2D eigenvalue weighted by Crippen LogP contribution is 2.19. The number of rotatable bonds is 5. The minimum Gasteiger partial charge on any atom is -0.368 e. The number of hydrogen-bond donors (Lipinski definition) is 1. The van der Waals surface area contributed by atoms with Crippen molar-refractivity contribution in [2.75, 3.05) is 59.5 Å². The summed E-state index contributed by atoms with van der Waals surface area (Å²) in [6, 6.07) is 8.91. The maximum absolute atomic E-state index is 12.6. The third kappa shape index (κ3) is 6.01. The molecule has 1 N–H and O–H groups in total. The lowest BCUT2D eigenvalue weighted by Gasteiger charge is -2.38. The average molecular weight is 442 g/mol. The van der Waals surface area contributed by atoms with E-state index in [-0.39, 0.29) is 12.0 Å². The molecule has 0 bridgehead atoms. The topological polar surface area (TPSA) is 60.4 Å². The van der Waals surface area contributed by atoms with Gasteiger partial charge in [-0.3, -0.25) is 14.7 Å². The van der Waals surface area contributed by atoms with E-state index in [1.165, 1.54) is 24.0 Å². The Balaban J connectivity index is 1.16. The van der Waals surface area contributed by atoms with Crippen LogP contribution in [0.25, 0.3) is 0 Å². The maximum atomic E-state index is 12.6. The van der Waals surface area contributed by atoms with Crippen molar-refractivity contribution in [2.24, 2.45) is 10.9 Å². The predicted octanol–water partition coefficient (Wildman–Crippen LogP) is 2.11. The number of nitrogens with zero attached hydrogens (tertiary/aromatic N) is 4. The molecule has 0 spiro atoms. The molecule has 0 saturated carbocycles. The second-order valence-electron chi connectivity index (χ2n) is 9.45. The number of aryl methyl sites for hydroxylation is 1. The van der Waals surface area contributed by atoms with Crippen LogP contribution in [0.2, 0.25) is 0 Å². The molecule has 4 rings (SSSR count). The van der Waals surface area contributed by atoms with Gasteiger partial charge in [0.25, 0.3) is 5.91 Å². The van der Waals surface area contributed by atoms with E-state index in [1.807, 2.05) is 11.9 Å². The van der Waals surface area contributed by atoms with Gasteiger partial charge in [-0.2, -0.15) is 0 Å². The van der Waals surface area contributed by atoms with Gasteiger partial charge in [-0.25, -0.2) is 0 Å². The Bertz CT molecular complexity index is 759. The fraction of sp³-hybridized carbons (Fsp3) is 0.680. The first kappa shape index (κ1) is 23.1. The molecule has 1 aromatic carbocycles. The van der Waals surface area contributed by atoms with Crippen LogP contribution in [-0.2, 0) is 16.1 Å². The summed E-state index contributed by atoms with van der Waals surface area (Å²) < 4.78 is 5.57. The molecule has 3 heterocycles. The summed E-state index contributed by atoms with van der Waals surface area (Å²) in [7, 11) is 1.86. The number of benzene rings is 1. The Morgan fingerprint density at radius 2 is 1.72 bits per heavy atom. The van der Waals surface area contributed by atoms with Gasteiger partial charge in [0, 0.05) is 52.9 Å². The fourth-order valence-electron chi connectivity index (χ4n) is 4.98. The van der Waals surface area contributed by atoms with Crippen LogP contribution in [0.15, 0.2) is 29.3 Å². The lowest BCUT2D eigenvalue weighted by molar-refractivity contribution is -0.142. The normalized spacial score (nSPS) is 23.6. The predicted molar refractivity (Wildman–Crippen MR) is 128 cm³/mol. The second kappa shape index (κ2) is 11.1. The fourth-order valence-corrected chi connectivity index (χ4v) is 4.98. The number of piperidine rings is 1. The van der Waals surface area contributed by atoms with Crippen molar-refractivity contribution < 1.29 is 9.53 Å². The summed E-state index contributed by atoms with van der Waals surface area (Å²) in [5.74, 6) is 1.82. The van der Waals surface area contributed by atoms with E-state index in [1.54, 1.807) is 0 Å². The van der Waals surface area contributed by atoms with Crippen LogP contribution in [0.1, 0.15) is 36.8 Å². The first-order valence-corrected chi connectivity index (χ1v) is 12.3. The third-order valence-electron chi connectivity index (χ3n) is 7.09. The molecular formula is C25H39N5O2. The van der Waals surface area contributed by atoms with Gasteiger partial charge in [0.1, 0.15) is 6.10 Å². The lowest BCUT2D eigenvalue weighted by Crippen LogP contribution is -2.55. The SMILES string of the molecule is CN=C(NCC1CCN(Cc2ccc(C)cc2)CC1)N1CCN(C(=O)C2CCCO2)CC1. The van der Waals surface area contributed by atoms with Gasteiger partial charge in [-0.15, -0.1) is 0 Å². The van der Waals surface area contributed by atoms with E-state index >= 15 is 0 Å². The number of aliphatic imine (C=N–C) groups is 1. The summed E-state index contributed by atoms with van der Waals surface area (Å²) >= 11 is 0. The summed E-state index contributed by atoms with van der Waals surface area (Å²) in [6.07, 6.45) is 4.10. The molecule has 3 aliphatic heterocycles. The van der Waals surface area contributed by atoms with E-state index < -0.39 is 0 Å². The summed E-state index contributed by atoms with van der Waals surface area (Å²) in [4.78, 5) is 23.9. The second-order valence-corrected chi connectivity index (χ2v) is 9.45. The molecule has 1 atom stereocenters. The van der Waals surface area contributed by atoms with Gasteiger partial charge < -0.3 is 19.9 Å². The third-order valence-corrected chi connectivity index (χ3v) is 7.09. The molecule has 0 aliphatic carbocycles. The Hall–Kier alpha value is -2.12. The number of nitrogens with one attached hydrogen (secondary N) is 1. The Kier molecular flexibility index (Phi) is 8.03. The largest absolute Gasteiger partial charge is 0.368 e. The Morgan fingerprint density at radius 3 is 2.34 bits per heavy atom. The van der Waals surface area contributed by atoms with Crippen LogP contribution in [0.4, 0.5) is 0 Å². The van der Waals surface area contributed by atoms with Crippen LogP contribution >= 0.6 is 0 Å². The maximum Gasteiger partial charge on any atom is 0.251 e. The summed E-state index contributed by atoms with van der Waals surface area (Å²) in [5.41, 5.74) is 2.73.